The van der Waals surface area contributed by atoms with Crippen molar-refractivity contribution in [3.63, 3.8) is 0 Å². The minimum atomic E-state index is 0.152. The number of carbonyl (C=O) groups excluding carboxylic acids is 1. The van der Waals surface area contributed by atoms with Gasteiger partial charge in [-0.25, -0.2) is 4.98 Å². The largest absolute Gasteiger partial charge is 0.338 e. The Morgan fingerprint density at radius 1 is 1.42 bits per heavy atom. The van der Waals surface area contributed by atoms with Crippen LogP contribution in [0.1, 0.15) is 52.2 Å². The van der Waals surface area contributed by atoms with E-state index in [2.05, 4.69) is 42.9 Å². The zero-order chi connectivity index (χ0) is 14.6. The molecule has 0 spiro atoms. The highest BCUT2D eigenvalue weighted by Gasteiger charge is 2.20. The summed E-state index contributed by atoms with van der Waals surface area (Å²) in [6, 6.07) is 0. The molecule has 1 aromatic heterocycles. The summed E-state index contributed by atoms with van der Waals surface area (Å²) in [5.74, 6) is 1.98. The quantitative estimate of drug-likeness (QED) is 0.890. The van der Waals surface area contributed by atoms with Crippen LogP contribution in [0.3, 0.4) is 0 Å². The fourth-order valence-electron chi connectivity index (χ4n) is 2.33. The zero-order valence-corrected chi connectivity index (χ0v) is 12.9. The summed E-state index contributed by atoms with van der Waals surface area (Å²) in [5, 5.41) is 6.83. The molecule has 0 bridgehead atoms. The highest BCUT2D eigenvalue weighted by atomic mass is 16.2. The number of hydrogen-bond donors (Lipinski definition) is 1. The molecule has 0 radical (unpaired) electrons. The minimum absolute atomic E-state index is 0.152. The van der Waals surface area contributed by atoms with E-state index in [1.165, 1.54) is 0 Å². The molecule has 1 atom stereocenters. The van der Waals surface area contributed by atoms with E-state index in [-0.39, 0.29) is 11.3 Å². The Morgan fingerprint density at radius 2 is 2.05 bits per heavy atom. The lowest BCUT2D eigenvalue weighted by atomic mass is 9.84. The van der Waals surface area contributed by atoms with E-state index in [9.17, 15) is 4.79 Å². The first-order valence-electron chi connectivity index (χ1n) is 6.79. The number of amides is 1. The van der Waals surface area contributed by atoms with Gasteiger partial charge >= 0.3 is 0 Å². The van der Waals surface area contributed by atoms with E-state index in [1.807, 2.05) is 6.92 Å². The van der Waals surface area contributed by atoms with Gasteiger partial charge in [-0.2, -0.15) is 5.10 Å². The topological polar surface area (TPSA) is 61.9 Å². The summed E-state index contributed by atoms with van der Waals surface area (Å²) in [7, 11) is 1.80. The SMILES string of the molecule is Cc1nc(CN(C)C(=O)CC(C)CC(C)(C)C)n[nH]1. The Morgan fingerprint density at radius 3 is 2.53 bits per heavy atom. The Hall–Kier alpha value is -1.39. The number of H-pyrrole nitrogens is 1. The number of nitrogens with one attached hydrogen (secondary N) is 1. The first-order valence-corrected chi connectivity index (χ1v) is 6.79. The molecule has 0 saturated heterocycles. The van der Waals surface area contributed by atoms with Gasteiger partial charge < -0.3 is 4.90 Å². The fourth-order valence-corrected chi connectivity index (χ4v) is 2.33. The molecule has 5 nitrogen and oxygen atoms in total. The van der Waals surface area contributed by atoms with Crippen LogP contribution in [-0.4, -0.2) is 33.0 Å². The Labute approximate surface area is 115 Å². The predicted octanol–water partition coefficient (Wildman–Crippen LogP) is 2.53. The fraction of sp³-hybridized carbons (Fsp3) is 0.786. The van der Waals surface area contributed by atoms with Gasteiger partial charge in [0.25, 0.3) is 0 Å². The van der Waals surface area contributed by atoms with E-state index >= 15 is 0 Å². The van der Waals surface area contributed by atoms with Gasteiger partial charge in [0.15, 0.2) is 5.82 Å². The van der Waals surface area contributed by atoms with Crippen LogP contribution in [0.4, 0.5) is 0 Å². The van der Waals surface area contributed by atoms with Crippen LogP contribution in [-0.2, 0) is 11.3 Å². The molecular formula is C14H26N4O. The average Bonchev–Trinajstić information content (AvgIpc) is 2.60. The van der Waals surface area contributed by atoms with Crippen molar-refractivity contribution in [1.82, 2.24) is 20.1 Å². The monoisotopic (exact) mass is 266 g/mol. The van der Waals surface area contributed by atoms with Crippen LogP contribution >= 0.6 is 0 Å². The van der Waals surface area contributed by atoms with E-state index < -0.39 is 0 Å². The number of carbonyl (C=O) groups is 1. The molecule has 0 aliphatic carbocycles. The Bertz CT molecular complexity index is 419. The molecule has 1 rings (SSSR count). The van der Waals surface area contributed by atoms with Crippen LogP contribution in [0.25, 0.3) is 0 Å². The molecule has 0 fully saturated rings. The number of aryl methyl sites for hydroxylation is 1. The first kappa shape index (κ1) is 15.7. The van der Waals surface area contributed by atoms with Crippen molar-refractivity contribution in [3.8, 4) is 0 Å². The lowest BCUT2D eigenvalue weighted by molar-refractivity contribution is -0.131. The van der Waals surface area contributed by atoms with Crippen molar-refractivity contribution < 1.29 is 4.79 Å². The van der Waals surface area contributed by atoms with Crippen molar-refractivity contribution in [2.45, 2.75) is 54.0 Å². The van der Waals surface area contributed by atoms with Crippen LogP contribution in [0.15, 0.2) is 0 Å². The molecule has 0 saturated carbocycles. The van der Waals surface area contributed by atoms with Crippen molar-refractivity contribution in [1.29, 1.82) is 0 Å². The second-order valence-corrected chi connectivity index (χ2v) is 6.66. The van der Waals surface area contributed by atoms with E-state index in [4.69, 9.17) is 0 Å². The maximum Gasteiger partial charge on any atom is 0.222 e. The van der Waals surface area contributed by atoms with Gasteiger partial charge in [0, 0.05) is 13.5 Å². The third kappa shape index (κ3) is 5.85. The molecule has 108 valence electrons. The second kappa shape index (κ2) is 6.17. The number of nitrogens with zero attached hydrogens (tertiary/aromatic N) is 3. The summed E-state index contributed by atoms with van der Waals surface area (Å²) < 4.78 is 0. The summed E-state index contributed by atoms with van der Waals surface area (Å²) >= 11 is 0. The normalized spacial score (nSPS) is 13.4. The molecular weight excluding hydrogens is 240 g/mol. The number of aromatic amines is 1. The maximum absolute atomic E-state index is 12.1. The van der Waals surface area contributed by atoms with E-state index in [0.29, 0.717) is 24.7 Å². The Kier molecular flexibility index (Phi) is 5.09. The van der Waals surface area contributed by atoms with Crippen molar-refractivity contribution in [2.24, 2.45) is 11.3 Å². The number of rotatable bonds is 5. The third-order valence-corrected chi connectivity index (χ3v) is 2.93. The first-order chi connectivity index (χ1) is 8.67. The van der Waals surface area contributed by atoms with Gasteiger partial charge in [0.05, 0.1) is 6.54 Å². The summed E-state index contributed by atoms with van der Waals surface area (Å²) in [6.45, 7) is 11.1. The van der Waals surface area contributed by atoms with Crippen LogP contribution < -0.4 is 0 Å². The van der Waals surface area contributed by atoms with Crippen LogP contribution in [0.2, 0.25) is 0 Å². The highest BCUT2D eigenvalue weighted by Crippen LogP contribution is 2.26. The third-order valence-electron chi connectivity index (χ3n) is 2.93. The van der Waals surface area contributed by atoms with Gasteiger partial charge in [-0.1, -0.05) is 27.7 Å². The molecule has 19 heavy (non-hydrogen) atoms. The molecule has 1 unspecified atom stereocenters. The molecule has 5 heteroatoms. The van der Waals surface area contributed by atoms with Gasteiger partial charge in [0.1, 0.15) is 5.82 Å². The lowest BCUT2D eigenvalue weighted by Crippen LogP contribution is -2.28. The molecule has 1 amide bonds. The van der Waals surface area contributed by atoms with E-state index in [1.54, 1.807) is 11.9 Å². The van der Waals surface area contributed by atoms with Gasteiger partial charge in [-0.3, -0.25) is 9.89 Å². The summed E-state index contributed by atoms with van der Waals surface area (Å²) in [5.41, 5.74) is 0.263. The minimum Gasteiger partial charge on any atom is -0.338 e. The van der Waals surface area contributed by atoms with Crippen molar-refractivity contribution in [2.75, 3.05) is 7.05 Å². The number of aromatic nitrogens is 3. The maximum atomic E-state index is 12.1. The highest BCUT2D eigenvalue weighted by molar-refractivity contribution is 5.76. The molecule has 0 aliphatic rings. The zero-order valence-electron chi connectivity index (χ0n) is 12.9. The Balaban J connectivity index is 2.44. The standard InChI is InChI=1S/C14H26N4O/c1-10(8-14(3,4)5)7-13(19)18(6)9-12-15-11(2)16-17-12/h10H,7-9H2,1-6H3,(H,15,16,17). The smallest absolute Gasteiger partial charge is 0.222 e. The van der Waals surface area contributed by atoms with Gasteiger partial charge in [-0.15, -0.1) is 0 Å². The van der Waals surface area contributed by atoms with E-state index in [0.717, 1.165) is 12.2 Å². The number of hydrogen-bond acceptors (Lipinski definition) is 3. The molecule has 1 N–H and O–H groups in total. The lowest BCUT2D eigenvalue weighted by Gasteiger charge is -2.24. The van der Waals surface area contributed by atoms with Crippen LogP contribution in [0.5, 0.6) is 0 Å². The second-order valence-electron chi connectivity index (χ2n) is 6.66. The molecule has 0 aliphatic heterocycles. The summed E-state index contributed by atoms with van der Waals surface area (Å²) in [4.78, 5) is 18.0. The average molecular weight is 266 g/mol. The molecule has 1 heterocycles. The molecule has 1 aromatic rings. The van der Waals surface area contributed by atoms with Gasteiger partial charge in [0.2, 0.25) is 5.91 Å². The van der Waals surface area contributed by atoms with Gasteiger partial charge in [-0.05, 0) is 24.7 Å². The van der Waals surface area contributed by atoms with Crippen LogP contribution in [0, 0.1) is 18.3 Å². The van der Waals surface area contributed by atoms with Crippen molar-refractivity contribution >= 4 is 5.91 Å². The molecule has 0 aromatic carbocycles. The van der Waals surface area contributed by atoms with Crippen molar-refractivity contribution in [3.05, 3.63) is 11.6 Å². The predicted molar refractivity (Wildman–Crippen MR) is 75.4 cm³/mol. The summed E-state index contributed by atoms with van der Waals surface area (Å²) in [6.07, 6.45) is 1.63.